The van der Waals surface area contributed by atoms with Crippen LogP contribution in [0.15, 0.2) is 18.5 Å². The van der Waals surface area contributed by atoms with E-state index in [0.717, 1.165) is 0 Å². The second-order valence-corrected chi connectivity index (χ2v) is 1.33. The van der Waals surface area contributed by atoms with Crippen molar-refractivity contribution >= 4 is 5.69 Å². The molecule has 0 aliphatic heterocycles. The van der Waals surface area contributed by atoms with Gasteiger partial charge in [0.1, 0.15) is 0 Å². The monoisotopic (exact) mass is 142 g/mol. The highest BCUT2D eigenvalue weighted by Crippen LogP contribution is 2.05. The second-order valence-electron chi connectivity index (χ2n) is 1.33. The lowest BCUT2D eigenvalue weighted by atomic mass is 10.6. The van der Waals surface area contributed by atoms with Gasteiger partial charge in [-0.1, -0.05) is 13.8 Å². The summed E-state index contributed by atoms with van der Waals surface area (Å²) < 4.78 is 0. The molecule has 0 saturated heterocycles. The second kappa shape index (κ2) is 4.55. The molecule has 0 bridgehead atoms. The molecule has 0 saturated carbocycles. The highest BCUT2D eigenvalue weighted by molar-refractivity contribution is 5.23. The third kappa shape index (κ3) is 2.30. The molecule has 0 fully saturated rings. The van der Waals surface area contributed by atoms with Crippen molar-refractivity contribution in [2.24, 2.45) is 0 Å². The predicted octanol–water partition coefficient (Wildman–Crippen LogP) is 1.95. The molecule has 1 rings (SSSR count). The van der Waals surface area contributed by atoms with Crippen LogP contribution in [-0.2, 0) is 0 Å². The lowest BCUT2D eigenvalue weighted by Crippen LogP contribution is -1.82. The maximum atomic E-state index is 9.85. The lowest BCUT2D eigenvalue weighted by molar-refractivity contribution is -0.384. The lowest BCUT2D eigenvalue weighted by Gasteiger charge is -1.77. The van der Waals surface area contributed by atoms with E-state index in [1.54, 1.807) is 0 Å². The summed E-state index contributed by atoms with van der Waals surface area (Å²) in [5.74, 6) is 0. The largest absolute Gasteiger partial charge is 0.362 e. The van der Waals surface area contributed by atoms with Crippen LogP contribution in [0.4, 0.5) is 5.69 Å². The Labute approximate surface area is 59.0 Å². The number of aromatic nitrogens is 1. The maximum absolute atomic E-state index is 9.85. The van der Waals surface area contributed by atoms with E-state index in [0.29, 0.717) is 0 Å². The minimum atomic E-state index is -0.448. The zero-order valence-electron chi connectivity index (χ0n) is 6.00. The molecule has 4 nitrogen and oxygen atoms in total. The maximum Gasteiger partial charge on any atom is 0.286 e. The average molecular weight is 142 g/mol. The predicted molar refractivity (Wildman–Crippen MR) is 38.8 cm³/mol. The molecule has 0 radical (unpaired) electrons. The van der Waals surface area contributed by atoms with Gasteiger partial charge < -0.3 is 4.98 Å². The molecular formula is C6H10N2O2. The van der Waals surface area contributed by atoms with Crippen LogP contribution >= 0.6 is 0 Å². The van der Waals surface area contributed by atoms with Gasteiger partial charge in [-0.15, -0.1) is 0 Å². The zero-order valence-corrected chi connectivity index (χ0v) is 6.00. The Morgan fingerprint density at radius 2 is 2.20 bits per heavy atom. The quantitative estimate of drug-likeness (QED) is 0.481. The Hall–Kier alpha value is -1.32. The van der Waals surface area contributed by atoms with Gasteiger partial charge in [-0.25, -0.2) is 0 Å². The molecule has 0 atom stereocenters. The summed E-state index contributed by atoms with van der Waals surface area (Å²) in [5, 5.41) is 9.85. The fourth-order valence-corrected chi connectivity index (χ4v) is 0.429. The standard InChI is InChI=1S/C4H4N2O2.C2H6/c7-6(8)4-1-2-5-3-4;1-2/h1-3,5H;1-2H3. The van der Waals surface area contributed by atoms with E-state index in [-0.39, 0.29) is 5.69 Å². The van der Waals surface area contributed by atoms with Crippen molar-refractivity contribution < 1.29 is 4.92 Å². The molecule has 1 N–H and O–H groups in total. The van der Waals surface area contributed by atoms with Gasteiger partial charge in [0.15, 0.2) is 0 Å². The van der Waals surface area contributed by atoms with Crippen LogP contribution in [0.25, 0.3) is 0 Å². The van der Waals surface area contributed by atoms with Crippen LogP contribution in [0.3, 0.4) is 0 Å². The van der Waals surface area contributed by atoms with E-state index >= 15 is 0 Å². The molecule has 0 spiro atoms. The Bertz CT molecular complexity index is 182. The summed E-state index contributed by atoms with van der Waals surface area (Å²) in [5.41, 5.74) is 0.102. The Morgan fingerprint density at radius 1 is 1.60 bits per heavy atom. The number of aromatic amines is 1. The number of nitrogens with zero attached hydrogens (tertiary/aromatic N) is 1. The van der Waals surface area contributed by atoms with Gasteiger partial charge >= 0.3 is 0 Å². The van der Waals surface area contributed by atoms with Gasteiger partial charge in [-0.3, -0.25) is 10.1 Å². The van der Waals surface area contributed by atoms with Crippen LogP contribution in [0.5, 0.6) is 0 Å². The number of rotatable bonds is 1. The van der Waals surface area contributed by atoms with Gasteiger partial charge in [0.25, 0.3) is 5.69 Å². The fourth-order valence-electron chi connectivity index (χ4n) is 0.429. The molecular weight excluding hydrogens is 132 g/mol. The van der Waals surface area contributed by atoms with E-state index in [2.05, 4.69) is 4.98 Å². The molecule has 0 amide bonds. The van der Waals surface area contributed by atoms with E-state index in [4.69, 9.17) is 0 Å². The van der Waals surface area contributed by atoms with Crippen molar-refractivity contribution in [1.82, 2.24) is 4.98 Å². The highest BCUT2D eigenvalue weighted by Gasteiger charge is 2.00. The smallest absolute Gasteiger partial charge is 0.286 e. The van der Waals surface area contributed by atoms with E-state index < -0.39 is 4.92 Å². The van der Waals surface area contributed by atoms with Crippen molar-refractivity contribution in [2.45, 2.75) is 13.8 Å². The summed E-state index contributed by atoms with van der Waals surface area (Å²) in [7, 11) is 0. The molecule has 0 aromatic carbocycles. The van der Waals surface area contributed by atoms with Gasteiger partial charge in [-0.2, -0.15) is 0 Å². The molecule has 1 heterocycles. The number of hydrogen-bond acceptors (Lipinski definition) is 2. The third-order valence-corrected chi connectivity index (χ3v) is 0.792. The molecule has 1 aromatic heterocycles. The molecule has 0 aliphatic carbocycles. The van der Waals surface area contributed by atoms with Crippen molar-refractivity contribution in [3.05, 3.63) is 28.6 Å². The zero-order chi connectivity index (χ0) is 7.98. The first-order valence-electron chi connectivity index (χ1n) is 3.08. The normalized spacial score (nSPS) is 7.80. The van der Waals surface area contributed by atoms with Crippen LogP contribution in [0.1, 0.15) is 13.8 Å². The number of H-pyrrole nitrogens is 1. The summed E-state index contributed by atoms with van der Waals surface area (Å²) in [6, 6.07) is 1.40. The molecule has 0 aliphatic rings. The van der Waals surface area contributed by atoms with Crippen LogP contribution in [0.2, 0.25) is 0 Å². The minimum Gasteiger partial charge on any atom is -0.362 e. The average Bonchev–Trinajstić information content (AvgIpc) is 2.42. The summed E-state index contributed by atoms with van der Waals surface area (Å²) in [6.45, 7) is 4.00. The van der Waals surface area contributed by atoms with Gasteiger partial charge in [0.2, 0.25) is 0 Å². The highest BCUT2D eigenvalue weighted by atomic mass is 16.6. The summed E-state index contributed by atoms with van der Waals surface area (Å²) in [6.07, 6.45) is 2.85. The minimum absolute atomic E-state index is 0.102. The topological polar surface area (TPSA) is 58.9 Å². The number of hydrogen-bond donors (Lipinski definition) is 1. The van der Waals surface area contributed by atoms with Gasteiger partial charge in [-0.05, 0) is 0 Å². The SMILES string of the molecule is CC.O=[N+]([O-])c1cc[nH]c1. The molecule has 4 heteroatoms. The van der Waals surface area contributed by atoms with Crippen molar-refractivity contribution in [2.75, 3.05) is 0 Å². The van der Waals surface area contributed by atoms with Crippen molar-refractivity contribution in [1.29, 1.82) is 0 Å². The van der Waals surface area contributed by atoms with Gasteiger partial charge in [0.05, 0.1) is 11.1 Å². The molecule has 1 aromatic rings. The van der Waals surface area contributed by atoms with E-state index in [1.165, 1.54) is 18.5 Å². The molecule has 56 valence electrons. The van der Waals surface area contributed by atoms with Crippen molar-refractivity contribution in [3.63, 3.8) is 0 Å². The van der Waals surface area contributed by atoms with E-state index in [9.17, 15) is 10.1 Å². The first kappa shape index (κ1) is 8.68. The van der Waals surface area contributed by atoms with Gasteiger partial charge in [0, 0.05) is 12.3 Å². The van der Waals surface area contributed by atoms with Crippen LogP contribution in [-0.4, -0.2) is 9.91 Å². The van der Waals surface area contributed by atoms with Crippen LogP contribution < -0.4 is 0 Å². The number of nitro groups is 1. The summed E-state index contributed by atoms with van der Waals surface area (Å²) in [4.78, 5) is 12.0. The number of nitrogens with one attached hydrogen (secondary N) is 1. The molecule has 10 heavy (non-hydrogen) atoms. The molecule has 0 unspecified atom stereocenters. The Balaban J connectivity index is 0.000000371. The first-order valence-corrected chi connectivity index (χ1v) is 3.08. The van der Waals surface area contributed by atoms with Crippen molar-refractivity contribution in [3.8, 4) is 0 Å². The Kier molecular flexibility index (Phi) is 3.95. The fraction of sp³-hybridized carbons (Fsp3) is 0.333. The first-order chi connectivity index (χ1) is 4.80. The van der Waals surface area contributed by atoms with E-state index in [1.807, 2.05) is 13.8 Å². The van der Waals surface area contributed by atoms with Crippen LogP contribution in [0, 0.1) is 10.1 Å². The summed E-state index contributed by atoms with van der Waals surface area (Å²) >= 11 is 0. The Morgan fingerprint density at radius 3 is 2.40 bits per heavy atom. The third-order valence-electron chi connectivity index (χ3n) is 0.792.